The topological polar surface area (TPSA) is 0 Å². The van der Waals surface area contributed by atoms with E-state index in [1.165, 1.54) is 0 Å². The highest BCUT2D eigenvalue weighted by atomic mass is 35.5. The fraction of sp³-hybridized carbons (Fsp3) is 0. The van der Waals surface area contributed by atoms with E-state index in [0.717, 1.165) is 0 Å². The van der Waals surface area contributed by atoms with Crippen molar-refractivity contribution in [3.63, 3.8) is 0 Å². The fourth-order valence-electron chi connectivity index (χ4n) is 2.36. The average molecular weight is 375 g/mol. The van der Waals surface area contributed by atoms with E-state index in [9.17, 15) is 39.5 Å². The Balaban J connectivity index is 2.87. The van der Waals surface area contributed by atoms with Crippen molar-refractivity contribution >= 4 is 33.1 Å². The molecular weight excluding hydrogens is 375 g/mol. The van der Waals surface area contributed by atoms with Gasteiger partial charge in [0.15, 0.2) is 52.4 Å². The molecule has 0 atom stereocenters. The Morgan fingerprint density at radius 1 is 0.333 bits per heavy atom. The maximum absolute atomic E-state index is 14.1. The van der Waals surface area contributed by atoms with Gasteiger partial charge in [0, 0.05) is 16.2 Å². The number of hydrogen-bond donors (Lipinski definition) is 0. The van der Waals surface area contributed by atoms with Crippen molar-refractivity contribution in [2.45, 2.75) is 0 Å². The summed E-state index contributed by atoms with van der Waals surface area (Å²) < 4.78 is 123. The van der Waals surface area contributed by atoms with Gasteiger partial charge in [0.1, 0.15) is 0 Å². The van der Waals surface area contributed by atoms with E-state index in [-0.39, 0.29) is 0 Å². The van der Waals surface area contributed by atoms with Crippen LogP contribution in [0.5, 0.6) is 0 Å². The Bertz CT molecular complexity index is 974. The normalized spacial score (nSPS) is 11.8. The zero-order valence-corrected chi connectivity index (χ0v) is 11.5. The molecule has 0 saturated carbocycles. The molecule has 0 nitrogen and oxygen atoms in total. The van der Waals surface area contributed by atoms with E-state index in [4.69, 9.17) is 11.6 Å². The van der Waals surface area contributed by atoms with Crippen LogP contribution in [0.2, 0.25) is 5.02 Å². The summed E-state index contributed by atoms with van der Waals surface area (Å²) in [5.41, 5.74) is 0. The van der Waals surface area contributed by atoms with E-state index in [0.29, 0.717) is 0 Å². The van der Waals surface area contributed by atoms with Gasteiger partial charge >= 0.3 is 0 Å². The van der Waals surface area contributed by atoms with Gasteiger partial charge in [-0.25, -0.2) is 39.5 Å². The van der Waals surface area contributed by atoms with Gasteiger partial charge in [-0.2, -0.15) is 0 Å². The highest BCUT2D eigenvalue weighted by Crippen LogP contribution is 2.42. The molecule has 126 valence electrons. The average Bonchev–Trinajstić information content (AvgIpc) is 2.56. The van der Waals surface area contributed by atoms with Crippen molar-refractivity contribution in [1.82, 2.24) is 0 Å². The first-order valence-corrected chi connectivity index (χ1v) is 6.27. The van der Waals surface area contributed by atoms with Gasteiger partial charge in [-0.15, -0.1) is 0 Å². The molecule has 3 rings (SSSR count). The van der Waals surface area contributed by atoms with Crippen LogP contribution in [0.3, 0.4) is 0 Å². The van der Waals surface area contributed by atoms with Gasteiger partial charge in [0.2, 0.25) is 0 Å². The SMILES string of the molecule is Fc1c(F)c(F)c2c(c1F)c(F)c(Cl)c1c(F)c(F)c(F)c(F)c12. The summed E-state index contributed by atoms with van der Waals surface area (Å²) in [7, 11) is 0. The quantitative estimate of drug-likeness (QED) is 0.199. The Kier molecular flexibility index (Phi) is 3.59. The van der Waals surface area contributed by atoms with Crippen LogP contribution < -0.4 is 0 Å². The molecule has 0 bridgehead atoms. The van der Waals surface area contributed by atoms with Gasteiger partial charge < -0.3 is 0 Å². The highest BCUT2D eigenvalue weighted by Gasteiger charge is 2.32. The Hall–Kier alpha value is -2.16. The predicted molar refractivity (Wildman–Crippen MR) is 66.1 cm³/mol. The zero-order valence-electron chi connectivity index (χ0n) is 10.8. The van der Waals surface area contributed by atoms with E-state index < -0.39 is 78.9 Å². The predicted octanol–water partition coefficient (Wildman–Crippen LogP) is 5.90. The first-order valence-electron chi connectivity index (χ1n) is 5.89. The number of benzene rings is 3. The van der Waals surface area contributed by atoms with E-state index in [1.54, 1.807) is 0 Å². The second kappa shape index (κ2) is 5.17. The van der Waals surface area contributed by atoms with Gasteiger partial charge in [0.05, 0.1) is 10.4 Å². The number of rotatable bonds is 0. The summed E-state index contributed by atoms with van der Waals surface area (Å²) in [5, 5.41) is -7.84. The van der Waals surface area contributed by atoms with Crippen LogP contribution in [-0.2, 0) is 0 Å². The number of halogens is 10. The van der Waals surface area contributed by atoms with Gasteiger partial charge in [-0.05, 0) is 0 Å². The Morgan fingerprint density at radius 2 is 0.625 bits per heavy atom. The lowest BCUT2D eigenvalue weighted by Gasteiger charge is -2.13. The molecule has 3 aromatic rings. The third kappa shape index (κ3) is 1.84. The fourth-order valence-corrected chi connectivity index (χ4v) is 2.64. The molecule has 0 aliphatic rings. The summed E-state index contributed by atoms with van der Waals surface area (Å²) in [6.45, 7) is 0. The van der Waals surface area contributed by atoms with Crippen molar-refractivity contribution in [2.75, 3.05) is 0 Å². The van der Waals surface area contributed by atoms with Crippen LogP contribution in [-0.4, -0.2) is 0 Å². The molecule has 0 fully saturated rings. The Morgan fingerprint density at radius 3 is 1.04 bits per heavy atom. The lowest BCUT2D eigenvalue weighted by atomic mass is 9.98. The first-order chi connectivity index (χ1) is 11.1. The molecule has 0 unspecified atom stereocenters. The highest BCUT2D eigenvalue weighted by molar-refractivity contribution is 6.38. The molecule has 0 aromatic heterocycles. The van der Waals surface area contributed by atoms with Gasteiger partial charge in [-0.1, -0.05) is 11.6 Å². The summed E-state index contributed by atoms with van der Waals surface area (Å²) in [6, 6.07) is 0. The van der Waals surface area contributed by atoms with Crippen molar-refractivity contribution < 1.29 is 39.5 Å². The van der Waals surface area contributed by atoms with Crippen molar-refractivity contribution in [3.8, 4) is 0 Å². The van der Waals surface area contributed by atoms with E-state index in [1.807, 2.05) is 0 Å². The molecule has 0 heterocycles. The number of fused-ring (bicyclic) bond motifs is 3. The molecule has 0 amide bonds. The second-order valence-corrected chi connectivity index (χ2v) is 5.02. The summed E-state index contributed by atoms with van der Waals surface area (Å²) in [4.78, 5) is 0. The zero-order chi connectivity index (χ0) is 18.1. The second-order valence-electron chi connectivity index (χ2n) is 4.64. The molecule has 0 saturated heterocycles. The third-order valence-electron chi connectivity index (χ3n) is 3.42. The molecule has 0 aliphatic heterocycles. The van der Waals surface area contributed by atoms with Crippen molar-refractivity contribution in [2.24, 2.45) is 0 Å². The largest absolute Gasteiger partial charge is 0.205 e. The smallest absolute Gasteiger partial charge is 0.198 e. The minimum absolute atomic E-state index is 1.46. The monoisotopic (exact) mass is 374 g/mol. The standard InChI is InChI=1S/C14ClF9/c15-5-3-1(7(17)11(21)13(23)9(3)19)2-4(6(5)16)10(20)14(24)12(22)8(2)18. The minimum atomic E-state index is -2.48. The minimum Gasteiger partial charge on any atom is -0.205 e. The Labute approximate surface area is 131 Å². The van der Waals surface area contributed by atoms with Crippen LogP contribution in [0, 0.1) is 52.4 Å². The lowest BCUT2D eigenvalue weighted by Crippen LogP contribution is -2.05. The molecule has 3 aromatic carbocycles. The van der Waals surface area contributed by atoms with Crippen LogP contribution >= 0.6 is 11.6 Å². The first kappa shape index (κ1) is 16.7. The van der Waals surface area contributed by atoms with Crippen molar-refractivity contribution in [3.05, 3.63) is 57.4 Å². The summed E-state index contributed by atoms with van der Waals surface area (Å²) >= 11 is 5.35. The molecule has 0 radical (unpaired) electrons. The van der Waals surface area contributed by atoms with Crippen LogP contribution in [0.1, 0.15) is 0 Å². The molecule has 0 N–H and O–H groups in total. The lowest BCUT2D eigenvalue weighted by molar-refractivity contribution is 0.413. The molecule has 0 spiro atoms. The van der Waals surface area contributed by atoms with Crippen LogP contribution in [0.4, 0.5) is 39.5 Å². The van der Waals surface area contributed by atoms with Gasteiger partial charge in [0.25, 0.3) is 0 Å². The van der Waals surface area contributed by atoms with Crippen LogP contribution in [0.15, 0.2) is 0 Å². The molecule has 0 aliphatic carbocycles. The molecule has 10 heteroatoms. The molecular formula is C14ClF9. The van der Waals surface area contributed by atoms with Gasteiger partial charge in [-0.3, -0.25) is 0 Å². The van der Waals surface area contributed by atoms with Crippen LogP contribution in [0.25, 0.3) is 21.5 Å². The maximum Gasteiger partial charge on any atom is 0.198 e. The number of hydrogen-bond acceptors (Lipinski definition) is 0. The van der Waals surface area contributed by atoms with E-state index >= 15 is 0 Å². The van der Waals surface area contributed by atoms with Crippen molar-refractivity contribution in [1.29, 1.82) is 0 Å². The summed E-state index contributed by atoms with van der Waals surface area (Å²) in [6.07, 6.45) is 0. The van der Waals surface area contributed by atoms with E-state index in [2.05, 4.69) is 0 Å². The molecule has 24 heavy (non-hydrogen) atoms. The third-order valence-corrected chi connectivity index (χ3v) is 3.77. The summed E-state index contributed by atoms with van der Waals surface area (Å²) in [5.74, 6) is -20.9. The maximum atomic E-state index is 14.1.